The fourth-order valence-electron chi connectivity index (χ4n) is 2.42. The van der Waals surface area contributed by atoms with Gasteiger partial charge in [-0.2, -0.15) is 0 Å². The summed E-state index contributed by atoms with van der Waals surface area (Å²) in [6, 6.07) is 20.9. The van der Waals surface area contributed by atoms with E-state index in [-0.39, 0.29) is 0 Å². The zero-order valence-electron chi connectivity index (χ0n) is 12.7. The summed E-state index contributed by atoms with van der Waals surface area (Å²) in [7, 11) is 1.74. The largest absolute Gasteiger partial charge is 0.385 e. The summed E-state index contributed by atoms with van der Waals surface area (Å²) >= 11 is 1.79. The second-order valence-electron chi connectivity index (χ2n) is 5.11. The first kappa shape index (κ1) is 14.9. The monoisotopic (exact) mass is 309 g/mol. The molecule has 1 heterocycles. The third kappa shape index (κ3) is 3.43. The van der Waals surface area contributed by atoms with Crippen LogP contribution in [0.3, 0.4) is 0 Å². The van der Waals surface area contributed by atoms with Crippen LogP contribution in [0.25, 0.3) is 21.7 Å². The van der Waals surface area contributed by atoms with Gasteiger partial charge in [0.05, 0.1) is 15.6 Å². The minimum atomic E-state index is 0.779. The first-order valence-corrected chi connectivity index (χ1v) is 8.29. The van der Waals surface area contributed by atoms with Crippen LogP contribution in [0.4, 0.5) is 0 Å². The van der Waals surface area contributed by atoms with Crippen LogP contribution in [0.15, 0.2) is 60.7 Å². The highest BCUT2D eigenvalue weighted by Gasteiger charge is 2.14. The second kappa shape index (κ2) is 7.34. The molecule has 0 amide bonds. The van der Waals surface area contributed by atoms with Crippen molar-refractivity contribution in [3.05, 3.63) is 65.7 Å². The predicted octanol–water partition coefficient (Wildman–Crippen LogP) is 5.06. The highest BCUT2D eigenvalue weighted by atomic mass is 32.1. The second-order valence-corrected chi connectivity index (χ2v) is 6.20. The van der Waals surface area contributed by atoms with E-state index < -0.39 is 0 Å². The summed E-state index contributed by atoms with van der Waals surface area (Å²) in [5.74, 6) is 0. The Morgan fingerprint density at radius 1 is 0.909 bits per heavy atom. The Kier molecular flexibility index (Phi) is 4.99. The molecule has 2 nitrogen and oxygen atoms in total. The molecule has 3 aromatic rings. The zero-order chi connectivity index (χ0) is 15.2. The number of benzene rings is 2. The fraction of sp³-hybridized carbons (Fsp3) is 0.211. The summed E-state index contributed by atoms with van der Waals surface area (Å²) in [6.45, 7) is 0.779. The number of hydrogen-bond donors (Lipinski definition) is 0. The summed E-state index contributed by atoms with van der Waals surface area (Å²) in [5.41, 5.74) is 3.50. The third-order valence-corrected chi connectivity index (χ3v) is 4.66. The molecule has 0 fully saturated rings. The van der Waals surface area contributed by atoms with Gasteiger partial charge in [-0.05, 0) is 12.0 Å². The van der Waals surface area contributed by atoms with Crippen molar-refractivity contribution in [1.82, 2.24) is 4.98 Å². The van der Waals surface area contributed by atoms with Crippen LogP contribution in [-0.2, 0) is 11.2 Å². The lowest BCUT2D eigenvalue weighted by Crippen LogP contribution is -1.92. The molecule has 0 radical (unpaired) electrons. The van der Waals surface area contributed by atoms with Gasteiger partial charge in [-0.1, -0.05) is 60.7 Å². The van der Waals surface area contributed by atoms with Crippen LogP contribution in [0.5, 0.6) is 0 Å². The molecule has 0 aliphatic heterocycles. The summed E-state index contributed by atoms with van der Waals surface area (Å²) in [4.78, 5) is 6.14. The molecule has 0 aliphatic rings. The van der Waals surface area contributed by atoms with E-state index in [1.165, 1.54) is 21.0 Å². The molecular weight excluding hydrogens is 290 g/mol. The van der Waals surface area contributed by atoms with E-state index in [9.17, 15) is 0 Å². The van der Waals surface area contributed by atoms with Gasteiger partial charge >= 0.3 is 0 Å². The van der Waals surface area contributed by atoms with Crippen molar-refractivity contribution < 1.29 is 4.74 Å². The van der Waals surface area contributed by atoms with Crippen molar-refractivity contribution in [3.8, 4) is 21.7 Å². The maximum absolute atomic E-state index is 5.15. The van der Waals surface area contributed by atoms with E-state index in [1.807, 2.05) is 12.1 Å². The number of hydrogen-bond acceptors (Lipinski definition) is 3. The first-order valence-electron chi connectivity index (χ1n) is 7.48. The lowest BCUT2D eigenvalue weighted by molar-refractivity contribution is 0.195. The van der Waals surface area contributed by atoms with Crippen molar-refractivity contribution in [2.24, 2.45) is 0 Å². The van der Waals surface area contributed by atoms with Crippen molar-refractivity contribution in [2.45, 2.75) is 12.8 Å². The Morgan fingerprint density at radius 2 is 1.55 bits per heavy atom. The van der Waals surface area contributed by atoms with Gasteiger partial charge in [0.2, 0.25) is 0 Å². The topological polar surface area (TPSA) is 22.1 Å². The lowest BCUT2D eigenvalue weighted by atomic mass is 10.1. The van der Waals surface area contributed by atoms with Gasteiger partial charge in [-0.15, -0.1) is 11.3 Å². The molecule has 0 bridgehead atoms. The number of aromatic nitrogens is 1. The number of thiazole rings is 1. The highest BCUT2D eigenvalue weighted by molar-refractivity contribution is 7.15. The molecule has 0 unspecified atom stereocenters. The molecule has 3 heteroatoms. The number of nitrogens with zero attached hydrogens (tertiary/aromatic N) is 1. The molecule has 0 atom stereocenters. The number of aryl methyl sites for hydroxylation is 1. The molecule has 3 rings (SSSR count). The number of ether oxygens (including phenoxy) is 1. The Labute approximate surface area is 135 Å². The molecule has 0 saturated heterocycles. The van der Waals surface area contributed by atoms with Crippen LogP contribution in [0, 0.1) is 0 Å². The summed E-state index contributed by atoms with van der Waals surface area (Å²) in [6.07, 6.45) is 1.97. The average molecular weight is 309 g/mol. The van der Waals surface area contributed by atoms with Gasteiger partial charge in [0.1, 0.15) is 0 Å². The van der Waals surface area contributed by atoms with E-state index in [4.69, 9.17) is 9.72 Å². The maximum Gasteiger partial charge on any atom is 0.0939 e. The van der Waals surface area contributed by atoms with E-state index in [0.29, 0.717) is 0 Å². The quantitative estimate of drug-likeness (QED) is 0.594. The molecule has 0 N–H and O–H groups in total. The SMILES string of the molecule is COCCCc1nc(-c2ccccc2)c(-c2ccccc2)s1. The van der Waals surface area contributed by atoms with Crippen LogP contribution < -0.4 is 0 Å². The minimum Gasteiger partial charge on any atom is -0.385 e. The van der Waals surface area contributed by atoms with Gasteiger partial charge in [0.15, 0.2) is 0 Å². The van der Waals surface area contributed by atoms with Gasteiger partial charge < -0.3 is 4.74 Å². The first-order chi connectivity index (χ1) is 10.9. The van der Waals surface area contributed by atoms with E-state index in [1.54, 1.807) is 18.4 Å². The smallest absolute Gasteiger partial charge is 0.0939 e. The van der Waals surface area contributed by atoms with Gasteiger partial charge in [-0.25, -0.2) is 4.98 Å². The molecule has 22 heavy (non-hydrogen) atoms. The fourth-order valence-corrected chi connectivity index (χ4v) is 3.55. The molecule has 0 saturated carbocycles. The normalized spacial score (nSPS) is 10.8. The van der Waals surface area contributed by atoms with E-state index in [0.717, 1.165) is 25.1 Å². The van der Waals surface area contributed by atoms with Gasteiger partial charge in [0, 0.05) is 25.7 Å². The lowest BCUT2D eigenvalue weighted by Gasteiger charge is -2.02. The molecule has 0 aliphatic carbocycles. The average Bonchev–Trinajstić information content (AvgIpc) is 3.01. The Morgan fingerprint density at radius 3 is 2.18 bits per heavy atom. The van der Waals surface area contributed by atoms with Crippen molar-refractivity contribution in [2.75, 3.05) is 13.7 Å². The Hall–Kier alpha value is -1.97. The van der Waals surface area contributed by atoms with Crippen molar-refractivity contribution in [1.29, 1.82) is 0 Å². The predicted molar refractivity (Wildman–Crippen MR) is 93.2 cm³/mol. The summed E-state index contributed by atoms with van der Waals surface area (Å²) in [5, 5.41) is 1.18. The molecule has 2 aromatic carbocycles. The number of methoxy groups -OCH3 is 1. The molecule has 1 aromatic heterocycles. The summed E-state index contributed by atoms with van der Waals surface area (Å²) < 4.78 is 5.15. The van der Waals surface area contributed by atoms with E-state index >= 15 is 0 Å². The van der Waals surface area contributed by atoms with Crippen molar-refractivity contribution in [3.63, 3.8) is 0 Å². The molecular formula is C19H19NOS. The Bertz CT molecular complexity index is 650. The zero-order valence-corrected chi connectivity index (χ0v) is 13.5. The highest BCUT2D eigenvalue weighted by Crippen LogP contribution is 2.37. The van der Waals surface area contributed by atoms with Crippen LogP contribution in [-0.4, -0.2) is 18.7 Å². The van der Waals surface area contributed by atoms with Crippen LogP contribution in [0.1, 0.15) is 11.4 Å². The van der Waals surface area contributed by atoms with Crippen LogP contribution in [0.2, 0.25) is 0 Å². The minimum absolute atomic E-state index is 0.779. The van der Waals surface area contributed by atoms with Crippen molar-refractivity contribution >= 4 is 11.3 Å². The Balaban J connectivity index is 1.99. The van der Waals surface area contributed by atoms with E-state index in [2.05, 4.69) is 48.5 Å². The molecule has 112 valence electrons. The van der Waals surface area contributed by atoms with Crippen LogP contribution >= 0.6 is 11.3 Å². The number of rotatable bonds is 6. The van der Waals surface area contributed by atoms with Gasteiger partial charge in [0.25, 0.3) is 0 Å². The third-order valence-electron chi connectivity index (χ3n) is 3.49. The van der Waals surface area contributed by atoms with Gasteiger partial charge in [-0.3, -0.25) is 0 Å². The molecule has 0 spiro atoms. The maximum atomic E-state index is 5.15. The standard InChI is InChI=1S/C19H19NOS/c1-21-14-8-13-17-20-18(15-9-4-2-5-10-15)19(22-17)16-11-6-3-7-12-16/h2-7,9-12H,8,13-14H2,1H3.